The maximum absolute atomic E-state index is 12.2. The Bertz CT molecular complexity index is 508. The van der Waals surface area contributed by atoms with Gasteiger partial charge >= 0.3 is 0 Å². The minimum atomic E-state index is -0.472. The Morgan fingerprint density at radius 2 is 2.00 bits per heavy atom. The van der Waals surface area contributed by atoms with Gasteiger partial charge in [0.15, 0.2) is 0 Å². The molecule has 1 N–H and O–H groups in total. The second-order valence-electron chi connectivity index (χ2n) is 3.96. The summed E-state index contributed by atoms with van der Waals surface area (Å²) in [6, 6.07) is 1.53. The van der Waals surface area contributed by atoms with E-state index in [0.717, 1.165) is 0 Å². The van der Waals surface area contributed by atoms with E-state index < -0.39 is 11.8 Å². The number of aromatic nitrogens is 1. The van der Waals surface area contributed by atoms with Crippen molar-refractivity contribution in [2.24, 2.45) is 0 Å². The number of nitrogens with zero attached hydrogens (tertiary/aromatic N) is 2. The van der Waals surface area contributed by atoms with E-state index >= 15 is 0 Å². The number of amides is 3. The van der Waals surface area contributed by atoms with Gasteiger partial charge in [-0.1, -0.05) is 11.6 Å². The molecule has 0 bridgehead atoms. The van der Waals surface area contributed by atoms with E-state index in [2.05, 4.69) is 5.32 Å². The van der Waals surface area contributed by atoms with Gasteiger partial charge in [0.1, 0.15) is 18.8 Å². The van der Waals surface area contributed by atoms with Crippen LogP contribution in [0.3, 0.4) is 0 Å². The third-order valence-electron chi connectivity index (χ3n) is 2.66. The van der Waals surface area contributed by atoms with Gasteiger partial charge in [0.25, 0.3) is 5.91 Å². The fraction of sp³-hybridized carbons (Fsp3) is 0.364. The Morgan fingerprint density at radius 3 is 2.56 bits per heavy atom. The molecule has 1 fully saturated rings. The molecule has 0 atom stereocenters. The maximum Gasteiger partial charge on any atom is 0.271 e. The fourth-order valence-electron chi connectivity index (χ4n) is 1.86. The molecule has 1 aromatic heterocycles. The van der Waals surface area contributed by atoms with Crippen LogP contribution in [-0.2, 0) is 16.1 Å². The van der Waals surface area contributed by atoms with Crippen molar-refractivity contribution in [2.75, 3.05) is 13.1 Å². The van der Waals surface area contributed by atoms with Crippen LogP contribution in [0.4, 0.5) is 0 Å². The summed E-state index contributed by atoms with van der Waals surface area (Å²) in [4.78, 5) is 35.8. The quantitative estimate of drug-likeness (QED) is 0.783. The van der Waals surface area contributed by atoms with E-state index in [9.17, 15) is 14.4 Å². The molecule has 0 unspecified atom stereocenters. The summed E-state index contributed by atoms with van der Waals surface area (Å²) < 4.78 is 1.68. The first-order valence-electron chi connectivity index (χ1n) is 5.49. The molecule has 18 heavy (non-hydrogen) atoms. The zero-order valence-corrected chi connectivity index (χ0v) is 10.5. The van der Waals surface area contributed by atoms with E-state index in [1.165, 1.54) is 11.0 Å². The molecule has 0 spiro atoms. The summed E-state index contributed by atoms with van der Waals surface area (Å²) in [7, 11) is 0. The summed E-state index contributed by atoms with van der Waals surface area (Å²) in [5, 5.41) is 2.60. The van der Waals surface area contributed by atoms with E-state index in [1.54, 1.807) is 10.8 Å². The predicted molar refractivity (Wildman–Crippen MR) is 64.2 cm³/mol. The molecule has 0 aromatic carbocycles. The molecular weight excluding hydrogens is 258 g/mol. The number of nitrogens with one attached hydrogen (secondary N) is 1. The van der Waals surface area contributed by atoms with Crippen LogP contribution in [0.25, 0.3) is 0 Å². The Balaban J connectivity index is 2.25. The number of rotatable bonds is 2. The van der Waals surface area contributed by atoms with Crippen LogP contribution in [0.15, 0.2) is 12.3 Å². The fourth-order valence-corrected chi connectivity index (χ4v) is 2.08. The summed E-state index contributed by atoms with van der Waals surface area (Å²) in [5.74, 6) is -1.31. The van der Waals surface area contributed by atoms with Gasteiger partial charge in [0.05, 0.1) is 5.02 Å². The lowest BCUT2D eigenvalue weighted by molar-refractivity contribution is -0.135. The number of carbonyl (C=O) groups excluding carboxylic acids is 3. The van der Waals surface area contributed by atoms with Crippen molar-refractivity contribution in [3.05, 3.63) is 23.0 Å². The van der Waals surface area contributed by atoms with Gasteiger partial charge in [0, 0.05) is 12.7 Å². The number of aryl methyl sites for hydroxylation is 1. The van der Waals surface area contributed by atoms with E-state index in [1.807, 2.05) is 6.92 Å². The van der Waals surface area contributed by atoms with Crippen molar-refractivity contribution in [3.8, 4) is 0 Å². The second kappa shape index (κ2) is 4.81. The lowest BCUT2D eigenvalue weighted by atomic mass is 10.3. The molecule has 1 saturated heterocycles. The molecular formula is C11H12ClN3O3. The van der Waals surface area contributed by atoms with Crippen LogP contribution in [0, 0.1) is 0 Å². The summed E-state index contributed by atoms with van der Waals surface area (Å²) in [6.07, 6.45) is 1.64. The van der Waals surface area contributed by atoms with Gasteiger partial charge in [0.2, 0.25) is 11.8 Å². The molecule has 7 heteroatoms. The summed E-state index contributed by atoms with van der Waals surface area (Å²) in [6.45, 7) is 2.23. The molecule has 2 rings (SSSR count). The van der Waals surface area contributed by atoms with Crippen LogP contribution in [-0.4, -0.2) is 40.3 Å². The summed E-state index contributed by atoms with van der Waals surface area (Å²) in [5.41, 5.74) is 0.380. The molecule has 3 amide bonds. The van der Waals surface area contributed by atoms with Gasteiger partial charge in [-0.2, -0.15) is 0 Å². The molecule has 0 aliphatic carbocycles. The number of hydrogen-bond acceptors (Lipinski definition) is 3. The number of imide groups is 1. The van der Waals surface area contributed by atoms with Crippen LogP contribution < -0.4 is 5.32 Å². The first-order chi connectivity index (χ1) is 8.51. The van der Waals surface area contributed by atoms with Crippen molar-refractivity contribution in [2.45, 2.75) is 13.5 Å². The van der Waals surface area contributed by atoms with Crippen molar-refractivity contribution < 1.29 is 14.4 Å². The van der Waals surface area contributed by atoms with Crippen molar-refractivity contribution in [3.63, 3.8) is 0 Å². The lowest BCUT2D eigenvalue weighted by Gasteiger charge is -2.25. The molecule has 96 valence electrons. The number of piperazine rings is 1. The number of carbonyl (C=O) groups is 3. The van der Waals surface area contributed by atoms with Gasteiger partial charge in [-0.25, -0.2) is 0 Å². The number of halogens is 1. The van der Waals surface area contributed by atoms with E-state index in [4.69, 9.17) is 11.6 Å². The monoisotopic (exact) mass is 269 g/mol. The highest BCUT2D eigenvalue weighted by molar-refractivity contribution is 6.31. The Kier molecular flexibility index (Phi) is 3.38. The third-order valence-corrected chi connectivity index (χ3v) is 2.86. The van der Waals surface area contributed by atoms with Gasteiger partial charge < -0.3 is 9.47 Å². The minimum Gasteiger partial charge on any atom is -0.342 e. The van der Waals surface area contributed by atoms with Crippen LogP contribution in [0.1, 0.15) is 17.4 Å². The molecule has 1 aliphatic heterocycles. The van der Waals surface area contributed by atoms with Crippen molar-refractivity contribution >= 4 is 29.3 Å². The molecule has 2 heterocycles. The lowest BCUT2D eigenvalue weighted by Crippen LogP contribution is -2.53. The molecule has 0 saturated carbocycles. The highest BCUT2D eigenvalue weighted by atomic mass is 35.5. The van der Waals surface area contributed by atoms with E-state index in [-0.39, 0.29) is 19.0 Å². The Morgan fingerprint density at radius 1 is 1.39 bits per heavy atom. The summed E-state index contributed by atoms with van der Waals surface area (Å²) >= 11 is 5.85. The van der Waals surface area contributed by atoms with Crippen LogP contribution in [0.5, 0.6) is 0 Å². The largest absolute Gasteiger partial charge is 0.342 e. The normalized spacial score (nSPS) is 15.8. The second-order valence-corrected chi connectivity index (χ2v) is 4.40. The Labute approximate surface area is 108 Å². The van der Waals surface area contributed by atoms with Gasteiger partial charge in [-0.15, -0.1) is 0 Å². The molecule has 6 nitrogen and oxygen atoms in total. The van der Waals surface area contributed by atoms with Crippen LogP contribution in [0.2, 0.25) is 5.02 Å². The minimum absolute atomic E-state index is 0.114. The average molecular weight is 270 g/mol. The molecule has 1 aromatic rings. The van der Waals surface area contributed by atoms with Crippen molar-refractivity contribution in [1.29, 1.82) is 0 Å². The smallest absolute Gasteiger partial charge is 0.271 e. The Hall–Kier alpha value is -1.82. The standard InChI is InChI=1S/C11H12ClN3O3/c1-2-14-4-7(12)3-8(14)11(18)15-5-9(16)13-10(17)6-15/h3-4H,2,5-6H2,1H3,(H,13,16,17). The average Bonchev–Trinajstić information content (AvgIpc) is 2.68. The van der Waals surface area contributed by atoms with E-state index in [0.29, 0.717) is 17.3 Å². The SMILES string of the molecule is CCn1cc(Cl)cc1C(=O)N1CC(=O)NC(=O)C1. The zero-order valence-electron chi connectivity index (χ0n) is 9.77. The number of hydrogen-bond donors (Lipinski definition) is 1. The third kappa shape index (κ3) is 2.38. The first-order valence-corrected chi connectivity index (χ1v) is 5.86. The first kappa shape index (κ1) is 12.6. The zero-order chi connectivity index (χ0) is 13.3. The molecule has 0 radical (unpaired) electrons. The van der Waals surface area contributed by atoms with Gasteiger partial charge in [-0.05, 0) is 13.0 Å². The maximum atomic E-state index is 12.2. The topological polar surface area (TPSA) is 71.4 Å². The van der Waals surface area contributed by atoms with Crippen molar-refractivity contribution in [1.82, 2.24) is 14.8 Å². The van der Waals surface area contributed by atoms with Crippen LogP contribution >= 0.6 is 11.6 Å². The van der Waals surface area contributed by atoms with Gasteiger partial charge in [-0.3, -0.25) is 19.7 Å². The highest BCUT2D eigenvalue weighted by Crippen LogP contribution is 2.16. The predicted octanol–water partition coefficient (Wildman–Crippen LogP) is 0.260. The molecule has 1 aliphatic rings. The highest BCUT2D eigenvalue weighted by Gasteiger charge is 2.28.